The van der Waals surface area contributed by atoms with Crippen molar-refractivity contribution in [2.75, 3.05) is 18.9 Å². The van der Waals surface area contributed by atoms with Crippen LogP contribution in [0.1, 0.15) is 18.6 Å². The Morgan fingerprint density at radius 3 is 3.12 bits per heavy atom. The van der Waals surface area contributed by atoms with Crippen molar-refractivity contribution in [3.8, 4) is 0 Å². The van der Waals surface area contributed by atoms with Gasteiger partial charge in [0.25, 0.3) is 0 Å². The number of hydrogen-bond acceptors (Lipinski definition) is 6. The van der Waals surface area contributed by atoms with E-state index in [-0.39, 0.29) is 0 Å². The van der Waals surface area contributed by atoms with Crippen LogP contribution in [0.15, 0.2) is 16.9 Å². The summed E-state index contributed by atoms with van der Waals surface area (Å²) in [7, 11) is 0. The highest BCUT2D eigenvalue weighted by Crippen LogP contribution is 2.03. The monoisotopic (exact) mass is 237 g/mol. The van der Waals surface area contributed by atoms with Gasteiger partial charge in [0.05, 0.1) is 18.5 Å². The summed E-state index contributed by atoms with van der Waals surface area (Å²) in [6.07, 6.45) is 3.94. The lowest BCUT2D eigenvalue weighted by molar-refractivity contribution is 0.149. The quantitative estimate of drug-likeness (QED) is 0.734. The Morgan fingerprint density at radius 1 is 1.53 bits per heavy atom. The zero-order chi connectivity index (χ0) is 12.1. The fourth-order valence-corrected chi connectivity index (χ4v) is 1.37. The molecule has 0 radical (unpaired) electrons. The summed E-state index contributed by atoms with van der Waals surface area (Å²) in [5, 5.41) is 7.89. The Bertz CT molecular complexity index is 465. The van der Waals surface area contributed by atoms with Crippen LogP contribution in [-0.4, -0.2) is 33.1 Å². The Morgan fingerprint density at radius 2 is 2.41 bits per heavy atom. The van der Waals surface area contributed by atoms with E-state index in [1.54, 1.807) is 17.1 Å². The molecule has 0 atom stereocenters. The van der Waals surface area contributed by atoms with Crippen LogP contribution in [0.5, 0.6) is 0 Å². The van der Waals surface area contributed by atoms with Crippen molar-refractivity contribution in [3.05, 3.63) is 24.1 Å². The van der Waals surface area contributed by atoms with Gasteiger partial charge >= 0.3 is 0 Å². The zero-order valence-electron chi connectivity index (χ0n) is 9.67. The first kappa shape index (κ1) is 11.6. The van der Waals surface area contributed by atoms with Gasteiger partial charge in [-0.1, -0.05) is 5.16 Å². The van der Waals surface area contributed by atoms with Crippen molar-refractivity contribution < 1.29 is 9.26 Å². The molecule has 2 aromatic rings. The molecule has 0 amide bonds. The smallest absolute Gasteiger partial charge is 0.248 e. The molecular formula is C10H15N5O2. The molecule has 0 spiro atoms. The van der Waals surface area contributed by atoms with Crippen LogP contribution in [0.3, 0.4) is 0 Å². The molecule has 0 saturated carbocycles. The van der Waals surface area contributed by atoms with E-state index in [2.05, 4.69) is 15.2 Å². The molecule has 0 unspecified atom stereocenters. The molecule has 17 heavy (non-hydrogen) atoms. The van der Waals surface area contributed by atoms with E-state index < -0.39 is 0 Å². The van der Waals surface area contributed by atoms with Crippen LogP contribution in [0.25, 0.3) is 0 Å². The molecule has 92 valence electrons. The summed E-state index contributed by atoms with van der Waals surface area (Å²) < 4.78 is 12.0. The van der Waals surface area contributed by atoms with Gasteiger partial charge in [0.2, 0.25) is 5.89 Å². The highest BCUT2D eigenvalue weighted by Gasteiger charge is 2.07. The molecule has 0 saturated heterocycles. The topological polar surface area (TPSA) is 92.0 Å². The average molecular weight is 237 g/mol. The van der Waals surface area contributed by atoms with Crippen LogP contribution in [0.2, 0.25) is 0 Å². The Kier molecular flexibility index (Phi) is 3.71. The van der Waals surface area contributed by atoms with E-state index in [0.29, 0.717) is 43.6 Å². The average Bonchev–Trinajstić information content (AvgIpc) is 2.90. The van der Waals surface area contributed by atoms with Crippen molar-refractivity contribution in [2.24, 2.45) is 0 Å². The van der Waals surface area contributed by atoms with Gasteiger partial charge in [-0.15, -0.1) is 0 Å². The van der Waals surface area contributed by atoms with Crippen molar-refractivity contribution in [1.82, 2.24) is 19.9 Å². The lowest BCUT2D eigenvalue weighted by Gasteiger charge is -1.95. The Labute approximate surface area is 98.6 Å². The molecule has 2 rings (SSSR count). The second-order valence-electron chi connectivity index (χ2n) is 3.52. The first-order valence-electron chi connectivity index (χ1n) is 5.45. The van der Waals surface area contributed by atoms with Crippen LogP contribution < -0.4 is 5.73 Å². The third-order valence-electron chi connectivity index (χ3n) is 2.13. The van der Waals surface area contributed by atoms with Crippen molar-refractivity contribution in [2.45, 2.75) is 19.9 Å². The number of nitrogens with zero attached hydrogens (tertiary/aromatic N) is 4. The molecule has 0 aliphatic rings. The normalized spacial score (nSPS) is 10.9. The molecular weight excluding hydrogens is 222 g/mol. The third kappa shape index (κ3) is 3.28. The van der Waals surface area contributed by atoms with E-state index in [1.165, 1.54) is 0 Å². The number of aromatic nitrogens is 4. The first-order chi connectivity index (χ1) is 8.28. The maximum atomic E-state index is 5.55. The SMILES string of the molecule is CCOCCc1noc(Cn2cc(N)cn2)n1. The lowest BCUT2D eigenvalue weighted by atomic mass is 10.4. The van der Waals surface area contributed by atoms with E-state index in [0.717, 1.165) is 0 Å². The molecule has 0 bridgehead atoms. The number of nitrogen functional groups attached to an aromatic ring is 1. The summed E-state index contributed by atoms with van der Waals surface area (Å²) in [5.41, 5.74) is 6.16. The van der Waals surface area contributed by atoms with Gasteiger partial charge < -0.3 is 15.0 Å². The number of rotatable bonds is 6. The summed E-state index contributed by atoms with van der Waals surface area (Å²) in [6.45, 7) is 3.67. The minimum atomic E-state index is 0.429. The van der Waals surface area contributed by atoms with E-state index >= 15 is 0 Å². The maximum absolute atomic E-state index is 5.55. The van der Waals surface area contributed by atoms with Gasteiger partial charge in [0, 0.05) is 19.2 Å². The number of nitrogens with two attached hydrogens (primary N) is 1. The predicted molar refractivity (Wildman–Crippen MR) is 60.2 cm³/mol. The minimum Gasteiger partial charge on any atom is -0.396 e. The van der Waals surface area contributed by atoms with E-state index in [9.17, 15) is 0 Å². The van der Waals surface area contributed by atoms with Gasteiger partial charge in [-0.25, -0.2) is 0 Å². The minimum absolute atomic E-state index is 0.429. The lowest BCUT2D eigenvalue weighted by Crippen LogP contribution is -2.02. The number of ether oxygens (including phenoxy) is 1. The summed E-state index contributed by atoms with van der Waals surface area (Å²) in [4.78, 5) is 4.23. The van der Waals surface area contributed by atoms with Crippen molar-refractivity contribution >= 4 is 5.69 Å². The maximum Gasteiger partial charge on any atom is 0.248 e. The van der Waals surface area contributed by atoms with E-state index in [4.69, 9.17) is 15.0 Å². The van der Waals surface area contributed by atoms with Gasteiger partial charge in [-0.2, -0.15) is 10.1 Å². The largest absolute Gasteiger partial charge is 0.396 e. The second kappa shape index (κ2) is 5.44. The van der Waals surface area contributed by atoms with Gasteiger partial charge in [0.1, 0.15) is 6.54 Å². The number of hydrogen-bond donors (Lipinski definition) is 1. The highest BCUT2D eigenvalue weighted by molar-refractivity contribution is 5.30. The fraction of sp³-hybridized carbons (Fsp3) is 0.500. The first-order valence-corrected chi connectivity index (χ1v) is 5.45. The molecule has 2 N–H and O–H groups in total. The van der Waals surface area contributed by atoms with Crippen LogP contribution in [0.4, 0.5) is 5.69 Å². The van der Waals surface area contributed by atoms with Gasteiger partial charge in [-0.05, 0) is 6.92 Å². The fourth-order valence-electron chi connectivity index (χ4n) is 1.37. The molecule has 2 aromatic heterocycles. The molecule has 0 aromatic carbocycles. The highest BCUT2D eigenvalue weighted by atomic mass is 16.5. The molecule has 7 heteroatoms. The summed E-state index contributed by atoms with van der Waals surface area (Å²) in [5.74, 6) is 1.16. The second-order valence-corrected chi connectivity index (χ2v) is 3.52. The third-order valence-corrected chi connectivity index (χ3v) is 2.13. The summed E-state index contributed by atoms with van der Waals surface area (Å²) >= 11 is 0. The molecule has 7 nitrogen and oxygen atoms in total. The molecule has 2 heterocycles. The van der Waals surface area contributed by atoms with Gasteiger partial charge in [-0.3, -0.25) is 4.68 Å². The van der Waals surface area contributed by atoms with E-state index in [1.807, 2.05) is 6.92 Å². The standard InChI is InChI=1S/C10H15N5O2/c1-2-16-4-3-9-13-10(17-14-9)7-15-6-8(11)5-12-15/h5-6H,2-4,7,11H2,1H3. The Balaban J connectivity index is 1.89. The number of anilines is 1. The van der Waals surface area contributed by atoms with Crippen LogP contribution in [0, 0.1) is 0 Å². The predicted octanol–water partition coefficient (Wildman–Crippen LogP) is 0.476. The van der Waals surface area contributed by atoms with Crippen molar-refractivity contribution in [1.29, 1.82) is 0 Å². The zero-order valence-corrected chi connectivity index (χ0v) is 9.67. The summed E-state index contributed by atoms with van der Waals surface area (Å²) in [6, 6.07) is 0. The molecule has 0 aliphatic heterocycles. The molecule has 0 aliphatic carbocycles. The van der Waals surface area contributed by atoms with Crippen LogP contribution >= 0.6 is 0 Å². The van der Waals surface area contributed by atoms with Gasteiger partial charge in [0.15, 0.2) is 5.82 Å². The van der Waals surface area contributed by atoms with Crippen molar-refractivity contribution in [3.63, 3.8) is 0 Å². The van der Waals surface area contributed by atoms with Crippen LogP contribution in [-0.2, 0) is 17.7 Å². The Hall–Kier alpha value is -1.89. The molecule has 0 fully saturated rings.